The molecule has 0 aromatic rings. The van der Waals surface area contributed by atoms with Crippen LogP contribution in [0.25, 0.3) is 0 Å². The van der Waals surface area contributed by atoms with Crippen molar-refractivity contribution < 1.29 is 9.47 Å². The first kappa shape index (κ1) is 15.5. The van der Waals surface area contributed by atoms with Crippen molar-refractivity contribution in [3.05, 3.63) is 23.3 Å². The maximum Gasteiger partial charge on any atom is 0.177 e. The first-order chi connectivity index (χ1) is 8.51. The molecule has 1 rings (SSSR count). The van der Waals surface area contributed by atoms with Gasteiger partial charge in [-0.25, -0.2) is 0 Å². The Morgan fingerprint density at radius 2 is 1.83 bits per heavy atom. The van der Waals surface area contributed by atoms with Gasteiger partial charge < -0.3 is 9.47 Å². The molecule has 0 heterocycles. The first-order valence-corrected chi connectivity index (χ1v) is 7.13. The van der Waals surface area contributed by atoms with Crippen LogP contribution in [-0.4, -0.2) is 19.5 Å². The third kappa shape index (κ3) is 4.25. The molecule has 1 aliphatic rings. The zero-order valence-corrected chi connectivity index (χ0v) is 12.6. The lowest BCUT2D eigenvalue weighted by Gasteiger charge is -2.33. The van der Waals surface area contributed by atoms with Crippen LogP contribution in [0, 0.1) is 5.41 Å². The van der Waals surface area contributed by atoms with Crippen LogP contribution in [0.4, 0.5) is 0 Å². The van der Waals surface area contributed by atoms with Gasteiger partial charge in [-0.1, -0.05) is 25.5 Å². The van der Waals surface area contributed by atoms with E-state index in [-0.39, 0.29) is 11.7 Å². The van der Waals surface area contributed by atoms with Crippen LogP contribution in [0.2, 0.25) is 0 Å². The summed E-state index contributed by atoms with van der Waals surface area (Å²) in [6, 6.07) is 0. The van der Waals surface area contributed by atoms with Gasteiger partial charge in [-0.05, 0) is 57.1 Å². The van der Waals surface area contributed by atoms with Crippen molar-refractivity contribution >= 4 is 0 Å². The second-order valence-electron chi connectivity index (χ2n) is 5.57. The lowest BCUT2D eigenvalue weighted by molar-refractivity contribution is -0.103. The maximum atomic E-state index is 5.55. The summed E-state index contributed by atoms with van der Waals surface area (Å²) >= 11 is 0. The Morgan fingerprint density at radius 1 is 1.22 bits per heavy atom. The lowest BCUT2D eigenvalue weighted by atomic mass is 9.72. The van der Waals surface area contributed by atoms with Crippen LogP contribution < -0.4 is 0 Å². The predicted octanol–water partition coefficient (Wildman–Crippen LogP) is 4.47. The molecule has 0 saturated carbocycles. The molecule has 0 N–H and O–H groups in total. The molecular weight excluding hydrogens is 224 g/mol. The molecule has 0 radical (unpaired) electrons. The zero-order chi connectivity index (χ0) is 13.6. The molecule has 0 unspecified atom stereocenters. The Balaban J connectivity index is 2.79. The van der Waals surface area contributed by atoms with Crippen LogP contribution >= 0.6 is 0 Å². The summed E-state index contributed by atoms with van der Waals surface area (Å²) in [5.74, 6) is 0. The van der Waals surface area contributed by atoms with E-state index < -0.39 is 0 Å². The SMILES string of the molecule is CCOC(C=CC1=C(C)CCCC1(C)C)OCC. The van der Waals surface area contributed by atoms with E-state index in [4.69, 9.17) is 9.47 Å². The highest BCUT2D eigenvalue weighted by molar-refractivity contribution is 5.32. The van der Waals surface area contributed by atoms with Gasteiger partial charge in [0, 0.05) is 13.2 Å². The Morgan fingerprint density at radius 3 is 2.33 bits per heavy atom. The molecule has 0 amide bonds. The molecule has 18 heavy (non-hydrogen) atoms. The largest absolute Gasteiger partial charge is 0.349 e. The van der Waals surface area contributed by atoms with Crippen molar-refractivity contribution in [1.29, 1.82) is 0 Å². The van der Waals surface area contributed by atoms with E-state index >= 15 is 0 Å². The zero-order valence-electron chi connectivity index (χ0n) is 12.6. The highest BCUT2D eigenvalue weighted by Crippen LogP contribution is 2.40. The third-order valence-corrected chi connectivity index (χ3v) is 3.62. The number of allylic oxidation sites excluding steroid dienone is 3. The second-order valence-corrected chi connectivity index (χ2v) is 5.57. The van der Waals surface area contributed by atoms with E-state index in [0.29, 0.717) is 13.2 Å². The molecule has 0 bridgehead atoms. The van der Waals surface area contributed by atoms with Gasteiger partial charge in [-0.2, -0.15) is 0 Å². The molecule has 2 heteroatoms. The fraction of sp³-hybridized carbons (Fsp3) is 0.750. The summed E-state index contributed by atoms with van der Waals surface area (Å²) in [5, 5.41) is 0. The van der Waals surface area contributed by atoms with E-state index in [2.05, 4.69) is 32.9 Å². The fourth-order valence-electron chi connectivity index (χ4n) is 2.67. The van der Waals surface area contributed by atoms with Gasteiger partial charge in [0.2, 0.25) is 0 Å². The number of hydrogen-bond donors (Lipinski definition) is 0. The molecule has 0 aliphatic heterocycles. The minimum absolute atomic E-state index is 0.210. The van der Waals surface area contributed by atoms with Gasteiger partial charge in [0.1, 0.15) is 0 Å². The van der Waals surface area contributed by atoms with Crippen LogP contribution in [0.15, 0.2) is 23.3 Å². The molecule has 1 aliphatic carbocycles. The van der Waals surface area contributed by atoms with Crippen molar-refractivity contribution in [2.24, 2.45) is 5.41 Å². The molecule has 104 valence electrons. The molecular formula is C16H28O2. The average molecular weight is 252 g/mol. The quantitative estimate of drug-likeness (QED) is 0.649. The van der Waals surface area contributed by atoms with E-state index in [1.54, 1.807) is 0 Å². The smallest absolute Gasteiger partial charge is 0.177 e. The van der Waals surface area contributed by atoms with Crippen molar-refractivity contribution in [1.82, 2.24) is 0 Å². The van der Waals surface area contributed by atoms with E-state index in [1.807, 2.05) is 13.8 Å². The third-order valence-electron chi connectivity index (χ3n) is 3.62. The topological polar surface area (TPSA) is 18.5 Å². The summed E-state index contributed by atoms with van der Waals surface area (Å²) in [6.45, 7) is 12.2. The Kier molecular flexibility index (Phi) is 6.10. The highest BCUT2D eigenvalue weighted by Gasteiger charge is 2.26. The van der Waals surface area contributed by atoms with E-state index in [9.17, 15) is 0 Å². The highest BCUT2D eigenvalue weighted by atomic mass is 16.7. The van der Waals surface area contributed by atoms with Crippen molar-refractivity contribution in [2.45, 2.75) is 60.2 Å². The summed E-state index contributed by atoms with van der Waals surface area (Å²) in [6.07, 6.45) is 7.84. The van der Waals surface area contributed by atoms with Crippen LogP contribution in [0.5, 0.6) is 0 Å². The number of rotatable bonds is 6. The molecule has 0 saturated heterocycles. The average Bonchev–Trinajstić information content (AvgIpc) is 2.28. The number of hydrogen-bond acceptors (Lipinski definition) is 2. The Bertz CT molecular complexity index is 307. The van der Waals surface area contributed by atoms with Gasteiger partial charge in [0.25, 0.3) is 0 Å². The normalized spacial score (nSPS) is 20.1. The summed E-state index contributed by atoms with van der Waals surface area (Å²) < 4.78 is 11.1. The lowest BCUT2D eigenvalue weighted by Crippen LogP contribution is -2.20. The Labute approximate surface area is 112 Å². The summed E-state index contributed by atoms with van der Waals surface area (Å²) in [4.78, 5) is 0. The monoisotopic (exact) mass is 252 g/mol. The minimum atomic E-state index is -0.210. The van der Waals surface area contributed by atoms with Gasteiger partial charge in [0.05, 0.1) is 0 Å². The first-order valence-electron chi connectivity index (χ1n) is 7.13. The maximum absolute atomic E-state index is 5.55. The van der Waals surface area contributed by atoms with Crippen molar-refractivity contribution in [3.63, 3.8) is 0 Å². The van der Waals surface area contributed by atoms with E-state index in [0.717, 1.165) is 0 Å². The molecule has 0 atom stereocenters. The molecule has 0 fully saturated rings. The standard InChI is InChI=1S/C16H28O2/c1-6-17-15(18-7-2)11-10-14-13(3)9-8-12-16(14,4)5/h10-11,15H,6-9,12H2,1-5H3. The van der Waals surface area contributed by atoms with Crippen LogP contribution in [0.1, 0.15) is 53.9 Å². The van der Waals surface area contributed by atoms with Crippen molar-refractivity contribution in [3.8, 4) is 0 Å². The molecule has 0 spiro atoms. The second kappa shape index (κ2) is 7.10. The summed E-state index contributed by atoms with van der Waals surface area (Å²) in [5.41, 5.74) is 3.24. The predicted molar refractivity (Wildman–Crippen MR) is 76.5 cm³/mol. The molecule has 0 aromatic carbocycles. The van der Waals surface area contributed by atoms with Gasteiger partial charge in [-0.3, -0.25) is 0 Å². The summed E-state index contributed by atoms with van der Waals surface area (Å²) in [7, 11) is 0. The fourth-order valence-corrected chi connectivity index (χ4v) is 2.67. The van der Waals surface area contributed by atoms with E-state index in [1.165, 1.54) is 30.4 Å². The van der Waals surface area contributed by atoms with Crippen LogP contribution in [0.3, 0.4) is 0 Å². The van der Waals surface area contributed by atoms with Gasteiger partial charge >= 0.3 is 0 Å². The van der Waals surface area contributed by atoms with Crippen molar-refractivity contribution in [2.75, 3.05) is 13.2 Å². The van der Waals surface area contributed by atoms with Crippen LogP contribution in [-0.2, 0) is 9.47 Å². The van der Waals surface area contributed by atoms with Gasteiger partial charge in [0.15, 0.2) is 6.29 Å². The molecule has 2 nitrogen and oxygen atoms in total. The molecule has 0 aromatic heterocycles. The minimum Gasteiger partial charge on any atom is -0.349 e. The Hall–Kier alpha value is -0.600. The number of ether oxygens (including phenoxy) is 2. The van der Waals surface area contributed by atoms with Gasteiger partial charge in [-0.15, -0.1) is 0 Å².